The molecule has 0 bridgehead atoms. The quantitative estimate of drug-likeness (QED) is 0.463. The van der Waals surface area contributed by atoms with Gasteiger partial charge in [-0.05, 0) is 54.8 Å². The third-order valence-corrected chi connectivity index (χ3v) is 3.23. The van der Waals surface area contributed by atoms with Crippen molar-refractivity contribution in [1.29, 1.82) is 0 Å². The fourth-order valence-corrected chi connectivity index (χ4v) is 1.86. The van der Waals surface area contributed by atoms with Gasteiger partial charge in [0.2, 0.25) is 0 Å². The Balaban J connectivity index is 1.93. The second kappa shape index (κ2) is 8.20. The van der Waals surface area contributed by atoms with Gasteiger partial charge in [-0.25, -0.2) is 0 Å². The molecule has 0 saturated carbocycles. The third-order valence-electron chi connectivity index (χ3n) is 3.23. The van der Waals surface area contributed by atoms with Gasteiger partial charge in [-0.15, -0.1) is 0 Å². The lowest BCUT2D eigenvalue weighted by molar-refractivity contribution is 0.309. The fraction of sp³-hybridized carbons (Fsp3) is 0.333. The van der Waals surface area contributed by atoms with E-state index >= 15 is 0 Å². The van der Waals surface area contributed by atoms with Crippen molar-refractivity contribution >= 4 is 11.4 Å². The number of hydrogen-bond acceptors (Lipinski definition) is 3. The Hall–Kier alpha value is -2.16. The summed E-state index contributed by atoms with van der Waals surface area (Å²) in [7, 11) is 0. The SMILES string of the molecule is CCCCOc1ccc(N=Nc2ccc(CC)cc2)cc1. The minimum atomic E-state index is 0.765. The lowest BCUT2D eigenvalue weighted by Crippen LogP contribution is -1.95. The molecule has 0 heterocycles. The van der Waals surface area contributed by atoms with E-state index in [4.69, 9.17) is 4.74 Å². The summed E-state index contributed by atoms with van der Waals surface area (Å²) in [5.74, 6) is 0.884. The van der Waals surface area contributed by atoms with E-state index in [0.29, 0.717) is 0 Å². The number of azo groups is 1. The Morgan fingerprint density at radius 1 is 0.810 bits per heavy atom. The van der Waals surface area contributed by atoms with Crippen LogP contribution in [0.5, 0.6) is 5.75 Å². The number of benzene rings is 2. The van der Waals surface area contributed by atoms with E-state index in [-0.39, 0.29) is 0 Å². The van der Waals surface area contributed by atoms with E-state index in [2.05, 4.69) is 36.2 Å². The first-order valence-corrected chi connectivity index (χ1v) is 7.55. The van der Waals surface area contributed by atoms with E-state index < -0.39 is 0 Å². The number of hydrogen-bond donors (Lipinski definition) is 0. The summed E-state index contributed by atoms with van der Waals surface area (Å²) in [6, 6.07) is 15.9. The Morgan fingerprint density at radius 2 is 1.38 bits per heavy atom. The van der Waals surface area contributed by atoms with Gasteiger partial charge in [0, 0.05) is 0 Å². The van der Waals surface area contributed by atoms with Crippen LogP contribution in [0.2, 0.25) is 0 Å². The van der Waals surface area contributed by atoms with Gasteiger partial charge < -0.3 is 4.74 Å². The highest BCUT2D eigenvalue weighted by atomic mass is 16.5. The molecule has 0 atom stereocenters. The molecule has 0 radical (unpaired) electrons. The van der Waals surface area contributed by atoms with E-state index in [1.54, 1.807) is 0 Å². The van der Waals surface area contributed by atoms with Gasteiger partial charge in [0.25, 0.3) is 0 Å². The molecular weight excluding hydrogens is 260 g/mol. The average Bonchev–Trinajstić information content (AvgIpc) is 2.55. The number of nitrogens with zero attached hydrogens (tertiary/aromatic N) is 2. The molecule has 0 fully saturated rings. The molecule has 21 heavy (non-hydrogen) atoms. The molecule has 2 aromatic carbocycles. The topological polar surface area (TPSA) is 34.0 Å². The zero-order valence-electron chi connectivity index (χ0n) is 12.7. The summed E-state index contributed by atoms with van der Waals surface area (Å²) in [5, 5.41) is 8.48. The minimum Gasteiger partial charge on any atom is -0.494 e. The normalized spacial score (nSPS) is 11.0. The molecule has 0 N–H and O–H groups in total. The van der Waals surface area contributed by atoms with Crippen molar-refractivity contribution in [3.05, 3.63) is 54.1 Å². The second-order valence-electron chi connectivity index (χ2n) is 4.92. The van der Waals surface area contributed by atoms with Crippen molar-refractivity contribution in [1.82, 2.24) is 0 Å². The molecule has 3 heteroatoms. The maximum Gasteiger partial charge on any atom is 0.119 e. The largest absolute Gasteiger partial charge is 0.494 e. The van der Waals surface area contributed by atoms with Gasteiger partial charge in [0.1, 0.15) is 5.75 Å². The molecule has 0 unspecified atom stereocenters. The maximum absolute atomic E-state index is 5.62. The zero-order chi connectivity index (χ0) is 14.9. The van der Waals surface area contributed by atoms with Gasteiger partial charge in [0.15, 0.2) is 0 Å². The summed E-state index contributed by atoms with van der Waals surface area (Å²) in [5.41, 5.74) is 3.01. The molecule has 3 nitrogen and oxygen atoms in total. The van der Waals surface area contributed by atoms with Gasteiger partial charge in [0.05, 0.1) is 18.0 Å². The highest BCUT2D eigenvalue weighted by molar-refractivity contribution is 5.43. The van der Waals surface area contributed by atoms with Crippen LogP contribution in [0.15, 0.2) is 58.8 Å². The van der Waals surface area contributed by atoms with Crippen molar-refractivity contribution in [2.24, 2.45) is 10.2 Å². The fourth-order valence-electron chi connectivity index (χ4n) is 1.86. The molecule has 0 aliphatic rings. The van der Waals surface area contributed by atoms with Crippen LogP contribution in [0.25, 0.3) is 0 Å². The first-order chi connectivity index (χ1) is 10.3. The molecule has 0 saturated heterocycles. The molecular formula is C18H22N2O. The van der Waals surface area contributed by atoms with Crippen molar-refractivity contribution in [3.63, 3.8) is 0 Å². The first kappa shape index (κ1) is 15.2. The Bertz CT molecular complexity index is 559. The molecule has 0 aliphatic heterocycles. The van der Waals surface area contributed by atoms with Crippen LogP contribution < -0.4 is 4.74 Å². The molecule has 0 aromatic heterocycles. The Morgan fingerprint density at radius 3 is 1.90 bits per heavy atom. The van der Waals surface area contributed by atoms with Crippen LogP contribution in [0, 0.1) is 0 Å². The van der Waals surface area contributed by atoms with Crippen molar-refractivity contribution < 1.29 is 4.74 Å². The molecule has 110 valence electrons. The molecule has 2 rings (SSSR count). The van der Waals surface area contributed by atoms with Gasteiger partial charge in [-0.1, -0.05) is 32.4 Å². The monoisotopic (exact) mass is 282 g/mol. The Kier molecular flexibility index (Phi) is 5.95. The van der Waals surface area contributed by atoms with Crippen molar-refractivity contribution in [3.8, 4) is 5.75 Å². The highest BCUT2D eigenvalue weighted by Gasteiger charge is 1.95. The zero-order valence-corrected chi connectivity index (χ0v) is 12.7. The van der Waals surface area contributed by atoms with E-state index in [9.17, 15) is 0 Å². The third kappa shape index (κ3) is 5.03. The predicted octanol–water partition coefficient (Wildman–Crippen LogP) is 5.84. The summed E-state index contributed by atoms with van der Waals surface area (Å²) in [6.07, 6.45) is 3.26. The number of aryl methyl sites for hydroxylation is 1. The summed E-state index contributed by atoms with van der Waals surface area (Å²) in [6.45, 7) is 5.06. The summed E-state index contributed by atoms with van der Waals surface area (Å²) in [4.78, 5) is 0. The van der Waals surface area contributed by atoms with Crippen LogP contribution in [-0.4, -0.2) is 6.61 Å². The summed E-state index contributed by atoms with van der Waals surface area (Å²) < 4.78 is 5.62. The van der Waals surface area contributed by atoms with Crippen molar-refractivity contribution in [2.45, 2.75) is 33.1 Å². The van der Waals surface area contributed by atoms with Crippen LogP contribution in [0.4, 0.5) is 11.4 Å². The van der Waals surface area contributed by atoms with Gasteiger partial charge in [-0.3, -0.25) is 0 Å². The molecule has 0 spiro atoms. The minimum absolute atomic E-state index is 0.765. The summed E-state index contributed by atoms with van der Waals surface area (Å²) >= 11 is 0. The smallest absolute Gasteiger partial charge is 0.119 e. The van der Waals surface area contributed by atoms with Crippen LogP contribution >= 0.6 is 0 Å². The highest BCUT2D eigenvalue weighted by Crippen LogP contribution is 2.21. The lowest BCUT2D eigenvalue weighted by atomic mass is 10.2. The number of ether oxygens (including phenoxy) is 1. The van der Waals surface area contributed by atoms with Gasteiger partial charge in [-0.2, -0.15) is 10.2 Å². The van der Waals surface area contributed by atoms with E-state index in [0.717, 1.165) is 43.0 Å². The van der Waals surface area contributed by atoms with Crippen LogP contribution in [-0.2, 0) is 6.42 Å². The number of unbranched alkanes of at least 4 members (excludes halogenated alkanes) is 1. The second-order valence-corrected chi connectivity index (χ2v) is 4.92. The first-order valence-electron chi connectivity index (χ1n) is 7.55. The molecule has 0 aliphatic carbocycles. The predicted molar refractivity (Wildman–Crippen MR) is 86.8 cm³/mol. The van der Waals surface area contributed by atoms with E-state index in [1.807, 2.05) is 36.4 Å². The maximum atomic E-state index is 5.62. The van der Waals surface area contributed by atoms with E-state index in [1.165, 1.54) is 5.56 Å². The van der Waals surface area contributed by atoms with Crippen LogP contribution in [0.1, 0.15) is 32.3 Å². The Labute approximate surface area is 126 Å². The molecule has 2 aromatic rings. The van der Waals surface area contributed by atoms with Crippen LogP contribution in [0.3, 0.4) is 0 Å². The lowest BCUT2D eigenvalue weighted by Gasteiger charge is -2.04. The standard InChI is InChI=1S/C18H22N2O/c1-3-5-14-21-18-12-10-17(11-13-18)20-19-16-8-6-15(4-2)7-9-16/h6-13H,3-5,14H2,1-2H3. The van der Waals surface area contributed by atoms with Crippen molar-refractivity contribution in [2.75, 3.05) is 6.61 Å². The molecule has 0 amide bonds. The van der Waals surface area contributed by atoms with Gasteiger partial charge >= 0.3 is 0 Å². The average molecular weight is 282 g/mol. The number of rotatable bonds is 7.